The SMILES string of the molecule is COc1cc2ncnc(N3CCC(N4C(=O)C(C(C)C)NC4=S)CC3)c2cc1OC. The van der Waals surface area contributed by atoms with Gasteiger partial charge in [0.1, 0.15) is 18.2 Å². The second kappa shape index (κ2) is 8.22. The molecule has 0 spiro atoms. The zero-order valence-electron chi connectivity index (χ0n) is 17.7. The molecule has 30 heavy (non-hydrogen) atoms. The summed E-state index contributed by atoms with van der Waals surface area (Å²) < 4.78 is 10.9. The smallest absolute Gasteiger partial charge is 0.251 e. The highest BCUT2D eigenvalue weighted by Crippen LogP contribution is 2.35. The van der Waals surface area contributed by atoms with Crippen LogP contribution in [-0.4, -0.2) is 65.3 Å². The van der Waals surface area contributed by atoms with E-state index in [0.29, 0.717) is 16.6 Å². The molecule has 2 fully saturated rings. The van der Waals surface area contributed by atoms with Gasteiger partial charge in [0, 0.05) is 30.6 Å². The Morgan fingerprint density at radius 1 is 1.13 bits per heavy atom. The molecule has 2 aliphatic rings. The number of benzene rings is 1. The van der Waals surface area contributed by atoms with Gasteiger partial charge in [0.05, 0.1) is 19.7 Å². The minimum atomic E-state index is -0.219. The highest BCUT2D eigenvalue weighted by Gasteiger charge is 2.41. The summed E-state index contributed by atoms with van der Waals surface area (Å²) in [5.41, 5.74) is 0.805. The fraction of sp³-hybridized carbons (Fsp3) is 0.524. The molecule has 0 bridgehead atoms. The maximum Gasteiger partial charge on any atom is 0.251 e. The lowest BCUT2D eigenvalue weighted by atomic mass is 10.0. The Hall–Kier alpha value is -2.68. The van der Waals surface area contributed by atoms with E-state index >= 15 is 0 Å². The predicted octanol–water partition coefficient (Wildman–Crippen LogP) is 2.36. The number of piperidine rings is 1. The molecule has 1 N–H and O–H groups in total. The summed E-state index contributed by atoms with van der Waals surface area (Å²) in [7, 11) is 3.23. The molecule has 1 atom stereocenters. The van der Waals surface area contributed by atoms with Crippen molar-refractivity contribution in [3.05, 3.63) is 18.5 Å². The highest BCUT2D eigenvalue weighted by molar-refractivity contribution is 7.80. The molecular formula is C21H27N5O3S. The third-order valence-electron chi connectivity index (χ3n) is 5.92. The molecule has 9 heteroatoms. The molecule has 2 aliphatic heterocycles. The summed E-state index contributed by atoms with van der Waals surface area (Å²) in [6.07, 6.45) is 3.24. The molecule has 1 unspecified atom stereocenters. The van der Waals surface area contributed by atoms with Crippen molar-refractivity contribution in [2.45, 2.75) is 38.8 Å². The molecule has 2 saturated heterocycles. The number of hydrogen-bond acceptors (Lipinski definition) is 7. The first-order valence-electron chi connectivity index (χ1n) is 10.2. The lowest BCUT2D eigenvalue weighted by Crippen LogP contribution is -2.48. The van der Waals surface area contributed by atoms with E-state index in [2.05, 4.69) is 20.2 Å². The van der Waals surface area contributed by atoms with Crippen LogP contribution in [0.4, 0.5) is 5.82 Å². The molecule has 8 nitrogen and oxygen atoms in total. The van der Waals surface area contributed by atoms with Crippen molar-refractivity contribution in [3.63, 3.8) is 0 Å². The monoisotopic (exact) mass is 429 g/mol. The van der Waals surface area contributed by atoms with Crippen molar-refractivity contribution in [1.29, 1.82) is 0 Å². The Morgan fingerprint density at radius 2 is 1.80 bits per heavy atom. The summed E-state index contributed by atoms with van der Waals surface area (Å²) >= 11 is 5.47. The number of rotatable bonds is 5. The van der Waals surface area contributed by atoms with Crippen LogP contribution in [0.25, 0.3) is 10.9 Å². The number of hydrogen-bond donors (Lipinski definition) is 1. The van der Waals surface area contributed by atoms with Gasteiger partial charge in [0.2, 0.25) is 0 Å². The second-order valence-corrected chi connectivity index (χ2v) is 8.41. The van der Waals surface area contributed by atoms with Gasteiger partial charge in [-0.15, -0.1) is 0 Å². The van der Waals surface area contributed by atoms with Gasteiger partial charge in [-0.2, -0.15) is 0 Å². The van der Waals surface area contributed by atoms with E-state index in [1.165, 1.54) is 0 Å². The molecule has 160 valence electrons. The average Bonchev–Trinajstić information content (AvgIpc) is 3.06. The number of methoxy groups -OCH3 is 2. The van der Waals surface area contributed by atoms with Gasteiger partial charge in [-0.3, -0.25) is 9.69 Å². The van der Waals surface area contributed by atoms with Crippen molar-refractivity contribution in [3.8, 4) is 11.5 Å². The van der Waals surface area contributed by atoms with Crippen LogP contribution in [0.2, 0.25) is 0 Å². The Labute approximate surface area is 181 Å². The highest BCUT2D eigenvalue weighted by atomic mass is 32.1. The number of amides is 1. The number of carbonyl (C=O) groups is 1. The molecular weight excluding hydrogens is 402 g/mol. The average molecular weight is 430 g/mol. The van der Waals surface area contributed by atoms with Crippen molar-refractivity contribution < 1.29 is 14.3 Å². The quantitative estimate of drug-likeness (QED) is 0.726. The van der Waals surface area contributed by atoms with Gasteiger partial charge < -0.3 is 19.7 Å². The Bertz CT molecular complexity index is 975. The first kappa shape index (κ1) is 20.6. The van der Waals surface area contributed by atoms with Crippen LogP contribution in [0.5, 0.6) is 11.5 Å². The van der Waals surface area contributed by atoms with Gasteiger partial charge in [0.15, 0.2) is 16.6 Å². The minimum Gasteiger partial charge on any atom is -0.493 e. The lowest BCUT2D eigenvalue weighted by molar-refractivity contribution is -0.129. The maximum absolute atomic E-state index is 12.8. The molecule has 0 radical (unpaired) electrons. The lowest BCUT2D eigenvalue weighted by Gasteiger charge is -2.37. The van der Waals surface area contributed by atoms with Gasteiger partial charge in [-0.05, 0) is 37.0 Å². The molecule has 0 aliphatic carbocycles. The number of thiocarbonyl (C=S) groups is 1. The maximum atomic E-state index is 12.8. The van der Waals surface area contributed by atoms with Crippen LogP contribution < -0.4 is 19.7 Å². The van der Waals surface area contributed by atoms with E-state index < -0.39 is 0 Å². The summed E-state index contributed by atoms with van der Waals surface area (Å²) in [4.78, 5) is 25.8. The topological polar surface area (TPSA) is 79.8 Å². The van der Waals surface area contributed by atoms with Crippen molar-refractivity contribution in [2.75, 3.05) is 32.2 Å². The molecule has 1 aromatic heterocycles. The summed E-state index contributed by atoms with van der Waals surface area (Å²) in [5.74, 6) is 2.46. The van der Waals surface area contributed by atoms with E-state index in [1.807, 2.05) is 26.0 Å². The molecule has 3 heterocycles. The molecule has 1 aromatic carbocycles. The molecule has 2 aromatic rings. The van der Waals surface area contributed by atoms with Gasteiger partial charge in [-0.25, -0.2) is 9.97 Å². The van der Waals surface area contributed by atoms with E-state index in [-0.39, 0.29) is 23.9 Å². The number of fused-ring (bicyclic) bond motifs is 1. The van der Waals surface area contributed by atoms with Crippen LogP contribution in [-0.2, 0) is 4.79 Å². The first-order valence-corrected chi connectivity index (χ1v) is 10.6. The number of nitrogens with zero attached hydrogens (tertiary/aromatic N) is 4. The molecule has 4 rings (SSSR count). The second-order valence-electron chi connectivity index (χ2n) is 8.02. The fourth-order valence-electron chi connectivity index (χ4n) is 4.27. The van der Waals surface area contributed by atoms with Crippen LogP contribution in [0.1, 0.15) is 26.7 Å². The van der Waals surface area contributed by atoms with Crippen molar-refractivity contribution >= 4 is 40.0 Å². The van der Waals surface area contributed by atoms with Crippen LogP contribution in [0, 0.1) is 5.92 Å². The summed E-state index contributed by atoms with van der Waals surface area (Å²) in [6, 6.07) is 3.68. The standard InChI is InChI=1S/C21H27N5O3S/c1-12(2)18-20(27)26(21(30)24-18)13-5-7-25(8-6-13)19-14-9-16(28-3)17(29-4)10-15(14)22-11-23-19/h9-13,18H,5-8H2,1-4H3,(H,24,30). The number of ether oxygens (including phenoxy) is 2. The zero-order valence-corrected chi connectivity index (χ0v) is 18.5. The zero-order chi connectivity index (χ0) is 21.4. The summed E-state index contributed by atoms with van der Waals surface area (Å²) in [5, 5.41) is 4.67. The van der Waals surface area contributed by atoms with E-state index in [4.69, 9.17) is 21.7 Å². The number of carbonyl (C=O) groups excluding carboxylic acids is 1. The van der Waals surface area contributed by atoms with Crippen molar-refractivity contribution in [1.82, 2.24) is 20.2 Å². The largest absolute Gasteiger partial charge is 0.493 e. The van der Waals surface area contributed by atoms with Crippen LogP contribution in [0.3, 0.4) is 0 Å². The number of nitrogens with one attached hydrogen (secondary N) is 1. The van der Waals surface area contributed by atoms with Gasteiger partial charge in [0.25, 0.3) is 5.91 Å². The number of anilines is 1. The van der Waals surface area contributed by atoms with E-state index in [9.17, 15) is 4.79 Å². The minimum absolute atomic E-state index is 0.0952. The summed E-state index contributed by atoms with van der Waals surface area (Å²) in [6.45, 7) is 5.63. The normalized spacial score (nSPS) is 20.2. The molecule has 0 saturated carbocycles. The Kier molecular flexibility index (Phi) is 5.64. The van der Waals surface area contributed by atoms with Crippen LogP contribution >= 0.6 is 12.2 Å². The van der Waals surface area contributed by atoms with E-state index in [1.54, 1.807) is 25.4 Å². The molecule has 1 amide bonds. The predicted molar refractivity (Wildman–Crippen MR) is 119 cm³/mol. The van der Waals surface area contributed by atoms with Crippen LogP contribution in [0.15, 0.2) is 18.5 Å². The van der Waals surface area contributed by atoms with Crippen molar-refractivity contribution in [2.24, 2.45) is 5.92 Å². The van der Waals surface area contributed by atoms with E-state index in [0.717, 1.165) is 42.7 Å². The third-order valence-corrected chi connectivity index (χ3v) is 6.23. The van der Waals surface area contributed by atoms with Gasteiger partial charge in [-0.1, -0.05) is 13.8 Å². The Morgan fingerprint density at radius 3 is 2.40 bits per heavy atom. The number of aromatic nitrogens is 2. The third kappa shape index (κ3) is 3.51. The first-order chi connectivity index (χ1) is 14.4. The Balaban J connectivity index is 1.54. The van der Waals surface area contributed by atoms with Gasteiger partial charge >= 0.3 is 0 Å². The fourth-order valence-corrected chi connectivity index (χ4v) is 4.64.